The van der Waals surface area contributed by atoms with Gasteiger partial charge in [0, 0.05) is 18.1 Å². The van der Waals surface area contributed by atoms with E-state index in [9.17, 15) is 4.39 Å². The van der Waals surface area contributed by atoms with Crippen molar-refractivity contribution in [3.8, 4) is 0 Å². The van der Waals surface area contributed by atoms with Gasteiger partial charge >= 0.3 is 0 Å². The third-order valence-corrected chi connectivity index (χ3v) is 2.54. The van der Waals surface area contributed by atoms with Crippen molar-refractivity contribution in [2.45, 2.75) is 19.9 Å². The first kappa shape index (κ1) is 9.97. The molecule has 1 aromatic heterocycles. The van der Waals surface area contributed by atoms with Gasteiger partial charge in [-0.25, -0.2) is 4.39 Å². The highest BCUT2D eigenvalue weighted by Gasteiger charge is 2.04. The number of fused-ring (bicyclic) bond motifs is 1. The van der Waals surface area contributed by atoms with Gasteiger partial charge in [0.15, 0.2) is 0 Å². The number of aromatic nitrogens is 1. The number of allylic oxidation sites excluding steroid dienone is 1. The first-order valence-electron chi connectivity index (χ1n) is 5.06. The van der Waals surface area contributed by atoms with E-state index >= 15 is 0 Å². The Morgan fingerprint density at radius 2 is 2.20 bits per heavy atom. The van der Waals surface area contributed by atoms with Gasteiger partial charge in [0.1, 0.15) is 5.82 Å². The van der Waals surface area contributed by atoms with Crippen LogP contribution in [0.3, 0.4) is 0 Å². The van der Waals surface area contributed by atoms with Gasteiger partial charge in [-0.3, -0.25) is 0 Å². The number of rotatable bonds is 3. The molecule has 0 aliphatic carbocycles. The average molecular weight is 203 g/mol. The van der Waals surface area contributed by atoms with Gasteiger partial charge in [0.25, 0.3) is 0 Å². The number of benzene rings is 1. The Kier molecular flexibility index (Phi) is 2.58. The fourth-order valence-electron chi connectivity index (χ4n) is 1.69. The Bertz CT molecular complexity index is 496. The second-order valence-electron chi connectivity index (χ2n) is 3.89. The Morgan fingerprint density at radius 1 is 1.40 bits per heavy atom. The standard InChI is InChI=1S/C13H14FN/c1-10(2)6-8-15-9-7-11-12(14)4-3-5-13(11)15/h3-5,7,9H,1,6,8H2,2H3. The fourth-order valence-corrected chi connectivity index (χ4v) is 1.69. The van der Waals surface area contributed by atoms with Gasteiger partial charge in [0.2, 0.25) is 0 Å². The molecule has 0 bridgehead atoms. The maximum atomic E-state index is 13.4. The summed E-state index contributed by atoms with van der Waals surface area (Å²) in [5.74, 6) is -0.151. The fraction of sp³-hybridized carbons (Fsp3) is 0.231. The van der Waals surface area contributed by atoms with Crippen LogP contribution >= 0.6 is 0 Å². The third kappa shape index (κ3) is 1.94. The molecule has 2 aromatic rings. The zero-order valence-electron chi connectivity index (χ0n) is 8.83. The van der Waals surface area contributed by atoms with Crippen LogP contribution in [0.2, 0.25) is 0 Å². The largest absolute Gasteiger partial charge is 0.347 e. The molecule has 0 atom stereocenters. The minimum atomic E-state index is -0.151. The van der Waals surface area contributed by atoms with Gasteiger partial charge in [-0.1, -0.05) is 11.6 Å². The maximum Gasteiger partial charge on any atom is 0.132 e. The molecule has 78 valence electrons. The van der Waals surface area contributed by atoms with Crippen LogP contribution in [-0.4, -0.2) is 4.57 Å². The lowest BCUT2D eigenvalue weighted by Crippen LogP contribution is -1.96. The van der Waals surface area contributed by atoms with E-state index in [2.05, 4.69) is 11.1 Å². The average Bonchev–Trinajstić information content (AvgIpc) is 2.59. The van der Waals surface area contributed by atoms with E-state index in [1.807, 2.05) is 25.3 Å². The molecule has 0 unspecified atom stereocenters. The molecule has 0 saturated carbocycles. The molecule has 2 heteroatoms. The lowest BCUT2D eigenvalue weighted by atomic mass is 10.2. The van der Waals surface area contributed by atoms with Crippen LogP contribution in [0, 0.1) is 5.82 Å². The Balaban J connectivity index is 2.37. The van der Waals surface area contributed by atoms with Gasteiger partial charge in [-0.15, -0.1) is 6.58 Å². The number of aryl methyl sites for hydroxylation is 1. The smallest absolute Gasteiger partial charge is 0.132 e. The van der Waals surface area contributed by atoms with Crippen LogP contribution in [0.5, 0.6) is 0 Å². The number of hydrogen-bond acceptors (Lipinski definition) is 0. The van der Waals surface area contributed by atoms with E-state index in [0.717, 1.165) is 24.1 Å². The van der Waals surface area contributed by atoms with E-state index in [1.165, 1.54) is 6.07 Å². The molecule has 0 amide bonds. The number of hydrogen-bond donors (Lipinski definition) is 0. The quantitative estimate of drug-likeness (QED) is 0.669. The van der Waals surface area contributed by atoms with Crippen LogP contribution in [0.15, 0.2) is 42.6 Å². The lowest BCUT2D eigenvalue weighted by Gasteiger charge is -2.04. The highest BCUT2D eigenvalue weighted by Crippen LogP contribution is 2.19. The molecular formula is C13H14FN. The van der Waals surface area contributed by atoms with Crippen molar-refractivity contribution < 1.29 is 4.39 Å². The summed E-state index contributed by atoms with van der Waals surface area (Å²) in [6, 6.07) is 7.00. The highest BCUT2D eigenvalue weighted by molar-refractivity contribution is 5.80. The highest BCUT2D eigenvalue weighted by atomic mass is 19.1. The summed E-state index contributed by atoms with van der Waals surface area (Å²) in [5.41, 5.74) is 2.10. The van der Waals surface area contributed by atoms with Crippen molar-refractivity contribution in [3.05, 3.63) is 48.4 Å². The van der Waals surface area contributed by atoms with Gasteiger partial charge < -0.3 is 4.57 Å². The molecule has 1 heterocycles. The summed E-state index contributed by atoms with van der Waals surface area (Å²) in [6.07, 6.45) is 2.86. The van der Waals surface area contributed by atoms with E-state index in [4.69, 9.17) is 0 Å². The van der Waals surface area contributed by atoms with E-state index < -0.39 is 0 Å². The van der Waals surface area contributed by atoms with Crippen molar-refractivity contribution in [1.29, 1.82) is 0 Å². The van der Waals surface area contributed by atoms with Crippen molar-refractivity contribution in [2.24, 2.45) is 0 Å². The van der Waals surface area contributed by atoms with Crippen molar-refractivity contribution in [3.63, 3.8) is 0 Å². The summed E-state index contributed by atoms with van der Waals surface area (Å²) < 4.78 is 15.4. The van der Waals surface area contributed by atoms with Gasteiger partial charge in [-0.2, -0.15) is 0 Å². The molecule has 1 aromatic carbocycles. The molecule has 15 heavy (non-hydrogen) atoms. The predicted octanol–water partition coefficient (Wildman–Crippen LogP) is 3.75. The van der Waals surface area contributed by atoms with Crippen LogP contribution in [0.1, 0.15) is 13.3 Å². The van der Waals surface area contributed by atoms with Crippen LogP contribution in [-0.2, 0) is 6.54 Å². The normalized spacial score (nSPS) is 10.8. The molecule has 0 N–H and O–H groups in total. The second-order valence-corrected chi connectivity index (χ2v) is 3.89. The Hall–Kier alpha value is -1.57. The molecular weight excluding hydrogens is 189 g/mol. The lowest BCUT2D eigenvalue weighted by molar-refractivity contribution is 0.639. The minimum absolute atomic E-state index is 0.151. The molecule has 2 rings (SSSR count). The van der Waals surface area contributed by atoms with Crippen molar-refractivity contribution in [1.82, 2.24) is 4.57 Å². The van der Waals surface area contributed by atoms with E-state index in [1.54, 1.807) is 6.07 Å². The van der Waals surface area contributed by atoms with Crippen LogP contribution in [0.25, 0.3) is 10.9 Å². The number of halogens is 1. The maximum absolute atomic E-state index is 13.4. The summed E-state index contributed by atoms with van der Waals surface area (Å²) >= 11 is 0. The van der Waals surface area contributed by atoms with Crippen LogP contribution in [0.4, 0.5) is 4.39 Å². The topological polar surface area (TPSA) is 4.93 Å². The molecule has 0 fully saturated rings. The first-order chi connectivity index (χ1) is 7.18. The summed E-state index contributed by atoms with van der Waals surface area (Å²) in [6.45, 7) is 6.73. The van der Waals surface area contributed by atoms with Crippen molar-refractivity contribution in [2.75, 3.05) is 0 Å². The van der Waals surface area contributed by atoms with Gasteiger partial charge in [0.05, 0.1) is 5.52 Å². The Morgan fingerprint density at radius 3 is 2.93 bits per heavy atom. The minimum Gasteiger partial charge on any atom is -0.347 e. The second kappa shape index (κ2) is 3.89. The molecule has 0 saturated heterocycles. The SMILES string of the molecule is C=C(C)CCn1ccc2c(F)cccc21. The first-order valence-corrected chi connectivity index (χ1v) is 5.06. The van der Waals surface area contributed by atoms with Crippen molar-refractivity contribution >= 4 is 10.9 Å². The molecule has 0 spiro atoms. The van der Waals surface area contributed by atoms with Crippen LogP contribution < -0.4 is 0 Å². The van der Waals surface area contributed by atoms with Gasteiger partial charge in [-0.05, 0) is 31.5 Å². The molecule has 0 aliphatic rings. The number of nitrogens with zero attached hydrogens (tertiary/aromatic N) is 1. The summed E-state index contributed by atoms with van der Waals surface area (Å²) in [4.78, 5) is 0. The zero-order valence-corrected chi connectivity index (χ0v) is 8.83. The molecule has 0 radical (unpaired) electrons. The third-order valence-electron chi connectivity index (χ3n) is 2.54. The zero-order chi connectivity index (χ0) is 10.8. The van der Waals surface area contributed by atoms with E-state index in [0.29, 0.717) is 5.39 Å². The molecule has 1 nitrogen and oxygen atoms in total. The molecule has 0 aliphatic heterocycles. The monoisotopic (exact) mass is 203 g/mol. The predicted molar refractivity (Wildman–Crippen MR) is 61.3 cm³/mol. The summed E-state index contributed by atoms with van der Waals surface area (Å²) in [5, 5.41) is 0.694. The van der Waals surface area contributed by atoms with E-state index in [-0.39, 0.29) is 5.82 Å². The Labute approximate surface area is 88.8 Å². The summed E-state index contributed by atoms with van der Waals surface area (Å²) in [7, 11) is 0.